The maximum atomic E-state index is 12.2. The van der Waals surface area contributed by atoms with Crippen LogP contribution in [-0.2, 0) is 11.3 Å². The van der Waals surface area contributed by atoms with Gasteiger partial charge in [-0.05, 0) is 48.3 Å². The fraction of sp³-hybridized carbons (Fsp3) is 0.143. The Balaban J connectivity index is 1.48. The van der Waals surface area contributed by atoms with Crippen LogP contribution in [0, 0.1) is 0 Å². The van der Waals surface area contributed by atoms with Gasteiger partial charge in [0.25, 0.3) is 5.91 Å². The lowest BCUT2D eigenvalue weighted by molar-refractivity contribution is -0.117. The molecule has 0 fully saturated rings. The second-order valence-electron chi connectivity index (χ2n) is 6.21. The molecule has 3 aromatic rings. The number of thiophene rings is 1. The molecule has 0 unspecified atom stereocenters. The molecule has 0 saturated heterocycles. The van der Waals surface area contributed by atoms with Crippen molar-refractivity contribution in [3.8, 4) is 0 Å². The van der Waals surface area contributed by atoms with Gasteiger partial charge in [-0.1, -0.05) is 36.4 Å². The minimum absolute atomic E-state index is 0.0798. The zero-order chi connectivity index (χ0) is 19.1. The molecule has 1 heterocycles. The smallest absolute Gasteiger partial charge is 0.265 e. The van der Waals surface area contributed by atoms with Gasteiger partial charge in [-0.25, -0.2) is 0 Å². The number of benzene rings is 2. The van der Waals surface area contributed by atoms with E-state index in [0.29, 0.717) is 29.3 Å². The predicted molar refractivity (Wildman–Crippen MR) is 110 cm³/mol. The molecule has 0 aliphatic heterocycles. The Morgan fingerprint density at radius 1 is 0.889 bits per heavy atom. The molecule has 0 atom stereocenters. The summed E-state index contributed by atoms with van der Waals surface area (Å²) in [7, 11) is 1.91. The molecule has 27 heavy (non-hydrogen) atoms. The first-order valence-corrected chi connectivity index (χ1v) is 9.45. The first kappa shape index (κ1) is 18.8. The Morgan fingerprint density at radius 3 is 2.19 bits per heavy atom. The summed E-state index contributed by atoms with van der Waals surface area (Å²) in [5.74, 6) is -0.215. The number of rotatable bonds is 7. The van der Waals surface area contributed by atoms with Crippen LogP contribution in [0.1, 0.15) is 15.2 Å². The first-order valence-electron chi connectivity index (χ1n) is 8.57. The van der Waals surface area contributed by atoms with E-state index in [2.05, 4.69) is 10.6 Å². The molecule has 3 rings (SSSR count). The largest absolute Gasteiger partial charge is 0.325 e. The van der Waals surface area contributed by atoms with Gasteiger partial charge >= 0.3 is 0 Å². The standard InChI is InChI=1S/C21H21N3O2S/c1-24(14-16-6-3-2-4-7-16)15-20(25)22-17-9-11-18(12-10-17)23-21(26)19-8-5-13-27-19/h2-13H,14-15H2,1H3,(H,22,25)(H,23,26). The summed E-state index contributed by atoms with van der Waals surface area (Å²) in [6.07, 6.45) is 0. The fourth-order valence-electron chi connectivity index (χ4n) is 2.63. The molecule has 1 aromatic heterocycles. The van der Waals surface area contributed by atoms with Crippen molar-refractivity contribution in [2.24, 2.45) is 0 Å². The summed E-state index contributed by atoms with van der Waals surface area (Å²) >= 11 is 1.39. The van der Waals surface area contributed by atoms with Crippen LogP contribution in [0.5, 0.6) is 0 Å². The topological polar surface area (TPSA) is 61.4 Å². The molecule has 0 aliphatic carbocycles. The normalized spacial score (nSPS) is 10.6. The summed E-state index contributed by atoms with van der Waals surface area (Å²) in [5.41, 5.74) is 2.55. The molecule has 5 nitrogen and oxygen atoms in total. The van der Waals surface area contributed by atoms with Crippen LogP contribution in [0.25, 0.3) is 0 Å². The quantitative estimate of drug-likeness (QED) is 0.650. The number of hydrogen-bond donors (Lipinski definition) is 2. The summed E-state index contributed by atoms with van der Waals surface area (Å²) in [5, 5.41) is 7.57. The van der Waals surface area contributed by atoms with E-state index in [9.17, 15) is 9.59 Å². The number of carbonyl (C=O) groups is 2. The van der Waals surface area contributed by atoms with Crippen molar-refractivity contribution in [2.75, 3.05) is 24.2 Å². The summed E-state index contributed by atoms with van der Waals surface area (Å²) < 4.78 is 0. The Hall–Kier alpha value is -2.96. The van der Waals surface area contributed by atoms with Gasteiger partial charge in [-0.2, -0.15) is 0 Å². The average molecular weight is 379 g/mol. The highest BCUT2D eigenvalue weighted by Crippen LogP contribution is 2.16. The van der Waals surface area contributed by atoms with Crippen molar-refractivity contribution in [2.45, 2.75) is 6.54 Å². The SMILES string of the molecule is CN(CC(=O)Nc1ccc(NC(=O)c2cccs2)cc1)Cc1ccccc1. The van der Waals surface area contributed by atoms with Crippen LogP contribution in [0.4, 0.5) is 11.4 Å². The zero-order valence-corrected chi connectivity index (χ0v) is 15.8. The minimum atomic E-state index is -0.135. The number of nitrogens with zero attached hydrogens (tertiary/aromatic N) is 1. The molecule has 2 amide bonds. The van der Waals surface area contributed by atoms with E-state index < -0.39 is 0 Å². The molecule has 0 saturated carbocycles. The van der Waals surface area contributed by atoms with E-state index in [1.54, 1.807) is 30.3 Å². The fourth-order valence-corrected chi connectivity index (χ4v) is 3.25. The lowest BCUT2D eigenvalue weighted by Crippen LogP contribution is -2.29. The molecule has 0 spiro atoms. The van der Waals surface area contributed by atoms with Crippen molar-refractivity contribution in [1.82, 2.24) is 4.90 Å². The number of amides is 2. The molecular formula is C21H21N3O2S. The van der Waals surface area contributed by atoms with E-state index in [1.807, 2.05) is 53.7 Å². The Labute approximate surface area is 162 Å². The Bertz CT molecular complexity index is 878. The van der Waals surface area contributed by atoms with E-state index in [1.165, 1.54) is 16.9 Å². The third-order valence-corrected chi connectivity index (χ3v) is 4.75. The second kappa shape index (κ2) is 9.12. The highest BCUT2D eigenvalue weighted by Gasteiger charge is 2.09. The third-order valence-electron chi connectivity index (χ3n) is 3.88. The molecule has 2 aromatic carbocycles. The number of anilines is 2. The first-order chi connectivity index (χ1) is 13.1. The van der Waals surface area contributed by atoms with Crippen molar-refractivity contribution in [3.05, 3.63) is 82.6 Å². The van der Waals surface area contributed by atoms with Gasteiger partial charge in [-0.3, -0.25) is 14.5 Å². The molecule has 6 heteroatoms. The van der Waals surface area contributed by atoms with Gasteiger partial charge < -0.3 is 10.6 Å². The number of hydrogen-bond acceptors (Lipinski definition) is 4. The van der Waals surface area contributed by atoms with E-state index in [4.69, 9.17) is 0 Å². The maximum absolute atomic E-state index is 12.2. The van der Waals surface area contributed by atoms with E-state index in [0.717, 1.165) is 0 Å². The van der Waals surface area contributed by atoms with E-state index in [-0.39, 0.29) is 11.8 Å². The van der Waals surface area contributed by atoms with Crippen LogP contribution in [-0.4, -0.2) is 30.3 Å². The number of likely N-dealkylation sites (N-methyl/N-ethyl adjacent to an activating group) is 1. The van der Waals surface area contributed by atoms with Crippen molar-refractivity contribution < 1.29 is 9.59 Å². The number of nitrogens with one attached hydrogen (secondary N) is 2. The third kappa shape index (κ3) is 5.77. The van der Waals surface area contributed by atoms with Crippen molar-refractivity contribution >= 4 is 34.5 Å². The van der Waals surface area contributed by atoms with Gasteiger partial charge in [0.1, 0.15) is 0 Å². The van der Waals surface area contributed by atoms with Gasteiger partial charge in [-0.15, -0.1) is 11.3 Å². The molecule has 138 valence electrons. The van der Waals surface area contributed by atoms with Gasteiger partial charge in [0.05, 0.1) is 11.4 Å². The minimum Gasteiger partial charge on any atom is -0.325 e. The molecule has 0 radical (unpaired) electrons. The lowest BCUT2D eigenvalue weighted by Gasteiger charge is -2.16. The Kier molecular flexibility index (Phi) is 6.35. The predicted octanol–water partition coefficient (Wildman–Crippen LogP) is 4.07. The van der Waals surface area contributed by atoms with E-state index >= 15 is 0 Å². The van der Waals surface area contributed by atoms with Gasteiger partial charge in [0.15, 0.2) is 0 Å². The molecule has 0 bridgehead atoms. The maximum Gasteiger partial charge on any atom is 0.265 e. The molecular weight excluding hydrogens is 358 g/mol. The second-order valence-corrected chi connectivity index (χ2v) is 7.16. The van der Waals surface area contributed by atoms with Crippen LogP contribution in [0.2, 0.25) is 0 Å². The summed E-state index contributed by atoms with van der Waals surface area (Å²) in [4.78, 5) is 26.9. The van der Waals surface area contributed by atoms with Crippen LogP contribution in [0.3, 0.4) is 0 Å². The summed E-state index contributed by atoms with van der Waals surface area (Å²) in [6, 6.07) is 20.7. The van der Waals surface area contributed by atoms with Crippen molar-refractivity contribution in [1.29, 1.82) is 0 Å². The van der Waals surface area contributed by atoms with Gasteiger partial charge in [0.2, 0.25) is 5.91 Å². The lowest BCUT2D eigenvalue weighted by atomic mass is 10.2. The molecule has 2 N–H and O–H groups in total. The highest BCUT2D eigenvalue weighted by atomic mass is 32.1. The van der Waals surface area contributed by atoms with Crippen LogP contribution >= 0.6 is 11.3 Å². The summed E-state index contributed by atoms with van der Waals surface area (Å²) in [6.45, 7) is 1.01. The highest BCUT2D eigenvalue weighted by molar-refractivity contribution is 7.12. The van der Waals surface area contributed by atoms with Gasteiger partial charge in [0, 0.05) is 17.9 Å². The van der Waals surface area contributed by atoms with Crippen molar-refractivity contribution in [3.63, 3.8) is 0 Å². The van der Waals surface area contributed by atoms with Crippen LogP contribution < -0.4 is 10.6 Å². The molecule has 0 aliphatic rings. The van der Waals surface area contributed by atoms with Crippen LogP contribution in [0.15, 0.2) is 72.1 Å². The number of carbonyl (C=O) groups excluding carboxylic acids is 2. The zero-order valence-electron chi connectivity index (χ0n) is 15.0. The monoisotopic (exact) mass is 379 g/mol. The Morgan fingerprint density at radius 2 is 1.56 bits per heavy atom. The average Bonchev–Trinajstić information content (AvgIpc) is 3.19.